The van der Waals surface area contributed by atoms with Crippen molar-refractivity contribution >= 4 is 46.7 Å². The summed E-state index contributed by atoms with van der Waals surface area (Å²) >= 11 is 4.52. The minimum atomic E-state index is -0.627. The van der Waals surface area contributed by atoms with E-state index in [1.165, 1.54) is 28.0 Å². The summed E-state index contributed by atoms with van der Waals surface area (Å²) in [4.78, 5) is 26.3. The molecular weight excluding hydrogens is 368 g/mol. The average Bonchev–Trinajstić information content (AvgIpc) is 3.02. The molecule has 0 saturated carbocycles. The lowest BCUT2D eigenvalue weighted by molar-refractivity contribution is -0.157. The first-order valence-electron chi connectivity index (χ1n) is 7.32. The van der Waals surface area contributed by atoms with Gasteiger partial charge in [-0.2, -0.15) is 0 Å². The van der Waals surface area contributed by atoms with Crippen LogP contribution in [0.15, 0.2) is 21.1 Å². The molecule has 0 radical (unpaired) electrons. The van der Waals surface area contributed by atoms with Crippen LogP contribution in [0, 0.1) is 0 Å². The SMILES string of the molecule is CC(C)(C)OC(=O)C1=C(CSc2nncs2)CS[C@H]2C(N)C(=O)N12. The predicted molar refractivity (Wildman–Crippen MR) is 94.6 cm³/mol. The predicted octanol–water partition coefficient (Wildman–Crippen LogP) is 1.47. The fraction of sp³-hybridized carbons (Fsp3) is 0.571. The number of nitrogens with two attached hydrogens (primary N) is 1. The second kappa shape index (κ2) is 6.66. The highest BCUT2D eigenvalue weighted by atomic mass is 32.2. The van der Waals surface area contributed by atoms with Crippen LogP contribution in [0.4, 0.5) is 0 Å². The van der Waals surface area contributed by atoms with Crippen molar-refractivity contribution < 1.29 is 14.3 Å². The first kappa shape index (κ1) is 17.7. The number of ether oxygens (including phenoxy) is 1. The maximum absolute atomic E-state index is 12.7. The number of esters is 1. The zero-order valence-electron chi connectivity index (χ0n) is 13.5. The van der Waals surface area contributed by atoms with Crippen molar-refractivity contribution in [1.82, 2.24) is 15.1 Å². The summed E-state index contributed by atoms with van der Waals surface area (Å²) in [6.07, 6.45) is 0. The molecule has 7 nitrogen and oxygen atoms in total. The summed E-state index contributed by atoms with van der Waals surface area (Å²) in [6, 6.07) is -0.551. The lowest BCUT2D eigenvalue weighted by atomic mass is 10.0. The lowest BCUT2D eigenvalue weighted by Gasteiger charge is -2.48. The highest BCUT2D eigenvalue weighted by Gasteiger charge is 2.52. The molecule has 1 aromatic heterocycles. The van der Waals surface area contributed by atoms with Gasteiger partial charge in [0.25, 0.3) is 0 Å². The fourth-order valence-corrected chi connectivity index (χ4v) is 5.30. The molecule has 2 atom stereocenters. The van der Waals surface area contributed by atoms with Crippen LogP contribution in [0.5, 0.6) is 0 Å². The summed E-state index contributed by atoms with van der Waals surface area (Å²) in [5.41, 5.74) is 8.10. The standard InChI is InChI=1S/C14H18N4O3S3/c1-14(2,3)21-12(20)9-7(5-23-13-17-16-6-24-13)4-22-11-8(15)10(19)18(9)11/h6,8,11H,4-5,15H2,1-3H3/t8?,11-/m0/s1. The summed E-state index contributed by atoms with van der Waals surface area (Å²) in [5, 5.41) is 7.61. The molecule has 0 bridgehead atoms. The Bertz CT molecular complexity index is 684. The van der Waals surface area contributed by atoms with E-state index < -0.39 is 17.6 Å². The molecule has 1 unspecified atom stereocenters. The number of amides is 1. The lowest BCUT2D eigenvalue weighted by Crippen LogP contribution is -2.68. The van der Waals surface area contributed by atoms with Gasteiger partial charge in [-0.25, -0.2) is 4.79 Å². The maximum atomic E-state index is 12.7. The van der Waals surface area contributed by atoms with Crippen LogP contribution in [-0.4, -0.2) is 55.5 Å². The first-order chi connectivity index (χ1) is 11.3. The van der Waals surface area contributed by atoms with Crippen LogP contribution >= 0.6 is 34.9 Å². The molecule has 24 heavy (non-hydrogen) atoms. The number of hydrogen-bond donors (Lipinski definition) is 1. The number of carbonyl (C=O) groups excluding carboxylic acids is 2. The Morgan fingerprint density at radius 3 is 2.92 bits per heavy atom. The van der Waals surface area contributed by atoms with Gasteiger partial charge in [-0.05, 0) is 26.3 Å². The molecule has 0 aliphatic carbocycles. The van der Waals surface area contributed by atoms with Crippen LogP contribution in [-0.2, 0) is 14.3 Å². The van der Waals surface area contributed by atoms with Gasteiger partial charge in [0, 0.05) is 11.5 Å². The van der Waals surface area contributed by atoms with Crippen molar-refractivity contribution in [2.45, 2.75) is 42.1 Å². The van der Waals surface area contributed by atoms with E-state index in [-0.39, 0.29) is 11.3 Å². The van der Waals surface area contributed by atoms with Crippen molar-refractivity contribution in [3.63, 3.8) is 0 Å². The van der Waals surface area contributed by atoms with Gasteiger partial charge in [-0.1, -0.05) is 23.1 Å². The summed E-state index contributed by atoms with van der Waals surface area (Å²) in [7, 11) is 0. The summed E-state index contributed by atoms with van der Waals surface area (Å²) in [6.45, 7) is 5.42. The van der Waals surface area contributed by atoms with E-state index in [1.807, 2.05) is 0 Å². The Morgan fingerprint density at radius 1 is 1.54 bits per heavy atom. The van der Waals surface area contributed by atoms with Crippen LogP contribution in [0.3, 0.4) is 0 Å². The molecule has 130 valence electrons. The number of fused-ring (bicyclic) bond motifs is 1. The van der Waals surface area contributed by atoms with Crippen molar-refractivity contribution in [1.29, 1.82) is 0 Å². The minimum Gasteiger partial charge on any atom is -0.455 e. The Hall–Kier alpha value is -1.10. The Morgan fingerprint density at radius 2 is 2.29 bits per heavy atom. The number of carbonyl (C=O) groups is 2. The van der Waals surface area contributed by atoms with Crippen molar-refractivity contribution in [2.75, 3.05) is 11.5 Å². The van der Waals surface area contributed by atoms with Gasteiger partial charge in [0.2, 0.25) is 5.91 Å². The van der Waals surface area contributed by atoms with E-state index in [4.69, 9.17) is 10.5 Å². The van der Waals surface area contributed by atoms with Crippen molar-refractivity contribution in [3.05, 3.63) is 16.8 Å². The van der Waals surface area contributed by atoms with E-state index in [9.17, 15) is 9.59 Å². The van der Waals surface area contributed by atoms with Crippen LogP contribution in [0.2, 0.25) is 0 Å². The third-order valence-electron chi connectivity index (χ3n) is 3.39. The summed E-state index contributed by atoms with van der Waals surface area (Å²) in [5.74, 6) is 0.498. The van der Waals surface area contributed by atoms with E-state index >= 15 is 0 Å². The quantitative estimate of drug-likeness (QED) is 0.472. The fourth-order valence-electron chi connectivity index (χ4n) is 2.38. The number of thioether (sulfide) groups is 2. The topological polar surface area (TPSA) is 98.4 Å². The number of β-lactam (4-membered cyclic amide) rings is 1. The number of rotatable bonds is 4. The molecule has 10 heteroatoms. The van der Waals surface area contributed by atoms with Crippen LogP contribution in [0.25, 0.3) is 0 Å². The van der Waals surface area contributed by atoms with E-state index in [0.29, 0.717) is 17.2 Å². The van der Waals surface area contributed by atoms with Crippen molar-refractivity contribution in [2.24, 2.45) is 5.73 Å². The number of hydrogen-bond acceptors (Lipinski definition) is 9. The molecule has 3 rings (SSSR count). The van der Waals surface area contributed by atoms with Gasteiger partial charge < -0.3 is 10.5 Å². The van der Waals surface area contributed by atoms with Crippen LogP contribution in [0.1, 0.15) is 20.8 Å². The molecule has 1 fully saturated rings. The molecule has 0 aromatic carbocycles. The molecule has 3 heterocycles. The zero-order valence-corrected chi connectivity index (χ0v) is 16.0. The zero-order chi connectivity index (χ0) is 17.5. The highest BCUT2D eigenvalue weighted by molar-refractivity contribution is 8.01. The second-order valence-corrected chi connectivity index (χ2v) is 9.54. The van der Waals surface area contributed by atoms with Gasteiger partial charge in [0.1, 0.15) is 28.2 Å². The molecule has 1 aromatic rings. The minimum absolute atomic E-state index is 0.185. The Kier molecular flexibility index (Phi) is 4.92. The highest BCUT2D eigenvalue weighted by Crippen LogP contribution is 2.41. The van der Waals surface area contributed by atoms with E-state index in [0.717, 1.165) is 9.91 Å². The maximum Gasteiger partial charge on any atom is 0.355 e. The van der Waals surface area contributed by atoms with E-state index in [2.05, 4.69) is 10.2 Å². The smallest absolute Gasteiger partial charge is 0.355 e. The molecule has 0 spiro atoms. The molecule has 1 saturated heterocycles. The van der Waals surface area contributed by atoms with E-state index in [1.54, 1.807) is 38.0 Å². The molecule has 2 aliphatic rings. The molecule has 2 aliphatic heterocycles. The monoisotopic (exact) mass is 386 g/mol. The summed E-state index contributed by atoms with van der Waals surface area (Å²) < 4.78 is 6.33. The van der Waals surface area contributed by atoms with Crippen molar-refractivity contribution in [3.8, 4) is 0 Å². The first-order valence-corrected chi connectivity index (χ1v) is 10.2. The number of aromatic nitrogens is 2. The third kappa shape index (κ3) is 3.46. The normalized spacial score (nSPS) is 23.8. The number of nitrogens with zero attached hydrogens (tertiary/aromatic N) is 3. The van der Waals surface area contributed by atoms with Gasteiger partial charge >= 0.3 is 5.97 Å². The Balaban J connectivity index is 1.86. The van der Waals surface area contributed by atoms with Gasteiger partial charge in [0.15, 0.2) is 4.34 Å². The van der Waals surface area contributed by atoms with Gasteiger partial charge in [0.05, 0.1) is 0 Å². The average molecular weight is 387 g/mol. The van der Waals surface area contributed by atoms with Crippen LogP contribution < -0.4 is 5.73 Å². The molecule has 1 amide bonds. The largest absolute Gasteiger partial charge is 0.455 e. The van der Waals surface area contributed by atoms with Gasteiger partial charge in [-0.15, -0.1) is 22.0 Å². The molecule has 2 N–H and O–H groups in total. The molecular formula is C14H18N4O3S3. The Labute approximate surface area is 152 Å². The second-order valence-electron chi connectivity index (χ2n) is 6.38. The van der Waals surface area contributed by atoms with Gasteiger partial charge in [-0.3, -0.25) is 9.69 Å². The third-order valence-corrected chi connectivity index (χ3v) is 6.70.